The smallest absolute Gasteiger partial charge is 0.326 e. The Balaban J connectivity index is 2.97. The lowest BCUT2D eigenvalue weighted by atomic mass is 10.1. The number of methoxy groups -OCH3 is 1. The Hall–Kier alpha value is -2.78. The second kappa shape index (κ2) is 7.29. The minimum Gasteiger partial charge on any atom is -0.490 e. The monoisotopic (exact) mass is 318 g/mol. The number of carboxylic acids is 1. The molecule has 10 heteroatoms. The molecule has 8 nitrogen and oxygen atoms in total. The fourth-order valence-corrected chi connectivity index (χ4v) is 1.61. The number of nitrogens with one attached hydrogen (secondary N) is 1. The number of amides is 1. The van der Waals surface area contributed by atoms with Crippen molar-refractivity contribution in [2.24, 2.45) is 0 Å². The predicted molar refractivity (Wildman–Crippen MR) is 69.2 cm³/mol. The number of carboxylic acid groups (broad SMARTS) is 1. The molecule has 1 atom stereocenters. The minimum absolute atomic E-state index is 0.150. The van der Waals surface area contributed by atoms with Gasteiger partial charge < -0.3 is 15.2 Å². The highest BCUT2D eigenvalue weighted by molar-refractivity contribution is 5.97. The number of nitro groups is 1. The summed E-state index contributed by atoms with van der Waals surface area (Å²) in [6.45, 7) is 0. The van der Waals surface area contributed by atoms with Crippen molar-refractivity contribution in [2.45, 2.75) is 18.9 Å². The van der Waals surface area contributed by atoms with Crippen molar-refractivity contribution in [1.82, 2.24) is 5.32 Å². The summed E-state index contributed by atoms with van der Waals surface area (Å²) >= 11 is 0. The van der Waals surface area contributed by atoms with E-state index < -0.39 is 35.7 Å². The van der Waals surface area contributed by atoms with Gasteiger partial charge in [0.25, 0.3) is 5.91 Å². The molecule has 1 unspecified atom stereocenters. The highest BCUT2D eigenvalue weighted by Gasteiger charge is 2.25. The summed E-state index contributed by atoms with van der Waals surface area (Å²) in [5.74, 6) is -2.78. The molecule has 2 N–H and O–H groups in total. The molecule has 120 valence electrons. The number of benzene rings is 1. The number of rotatable bonds is 7. The molecule has 1 rings (SSSR count). The van der Waals surface area contributed by atoms with Crippen LogP contribution in [0.15, 0.2) is 18.2 Å². The molecule has 0 saturated heterocycles. The summed E-state index contributed by atoms with van der Waals surface area (Å²) in [5.41, 5.74) is -0.538. The zero-order valence-electron chi connectivity index (χ0n) is 11.3. The van der Waals surface area contributed by atoms with E-state index in [2.05, 4.69) is 0 Å². The molecule has 0 aromatic heterocycles. The van der Waals surface area contributed by atoms with Crippen molar-refractivity contribution < 1.29 is 33.1 Å². The third-order valence-corrected chi connectivity index (χ3v) is 2.66. The standard InChI is InChI=1S/C12H12F2N2O6/c1-22-9-4-6(2-3-8(9)16(20)21)11(17)15-7(12(18)19)5-10(13)14/h2-4,7,10H,5H2,1H3,(H,15,17)(H,18,19). The number of ether oxygens (including phenoxy) is 1. The first kappa shape index (κ1) is 17.3. The van der Waals surface area contributed by atoms with E-state index in [-0.39, 0.29) is 17.0 Å². The van der Waals surface area contributed by atoms with Gasteiger partial charge in [-0.2, -0.15) is 0 Å². The molecule has 0 fully saturated rings. The lowest BCUT2D eigenvalue weighted by Crippen LogP contribution is -2.42. The highest BCUT2D eigenvalue weighted by Crippen LogP contribution is 2.27. The lowest BCUT2D eigenvalue weighted by molar-refractivity contribution is -0.385. The summed E-state index contributed by atoms with van der Waals surface area (Å²) in [6, 6.07) is 1.32. The van der Waals surface area contributed by atoms with Gasteiger partial charge in [0.1, 0.15) is 6.04 Å². The maximum absolute atomic E-state index is 12.2. The lowest BCUT2D eigenvalue weighted by Gasteiger charge is -2.14. The van der Waals surface area contributed by atoms with Crippen molar-refractivity contribution in [2.75, 3.05) is 7.11 Å². The van der Waals surface area contributed by atoms with E-state index in [4.69, 9.17) is 9.84 Å². The van der Waals surface area contributed by atoms with Crippen LogP contribution < -0.4 is 10.1 Å². The van der Waals surface area contributed by atoms with Crippen molar-refractivity contribution >= 4 is 17.6 Å². The number of alkyl halides is 2. The van der Waals surface area contributed by atoms with Crippen LogP contribution in [0, 0.1) is 10.1 Å². The fourth-order valence-electron chi connectivity index (χ4n) is 1.61. The number of nitro benzene ring substituents is 1. The molecule has 0 heterocycles. The van der Waals surface area contributed by atoms with Crippen LogP contribution in [0.2, 0.25) is 0 Å². The van der Waals surface area contributed by atoms with Gasteiger partial charge in [0.2, 0.25) is 6.43 Å². The fraction of sp³-hybridized carbons (Fsp3) is 0.333. The van der Waals surface area contributed by atoms with Gasteiger partial charge in [0.05, 0.1) is 12.0 Å². The molecule has 1 amide bonds. The van der Waals surface area contributed by atoms with E-state index in [0.717, 1.165) is 25.3 Å². The minimum atomic E-state index is -2.91. The van der Waals surface area contributed by atoms with Gasteiger partial charge >= 0.3 is 11.7 Å². The topological polar surface area (TPSA) is 119 Å². The molecule has 1 aromatic carbocycles. The Morgan fingerprint density at radius 2 is 2.09 bits per heavy atom. The van der Waals surface area contributed by atoms with Gasteiger partial charge in [0, 0.05) is 24.1 Å². The summed E-state index contributed by atoms with van der Waals surface area (Å²) in [5, 5.41) is 21.4. The SMILES string of the molecule is COc1cc(C(=O)NC(CC(F)F)C(=O)O)ccc1[N+](=O)[O-]. The van der Waals surface area contributed by atoms with E-state index in [1.54, 1.807) is 0 Å². The predicted octanol–water partition coefficient (Wildman–Crippen LogP) is 1.44. The quantitative estimate of drug-likeness (QED) is 0.580. The zero-order chi connectivity index (χ0) is 16.9. The molecule has 0 aliphatic rings. The molecule has 22 heavy (non-hydrogen) atoms. The maximum atomic E-state index is 12.2. The Labute approximate surface area is 122 Å². The summed E-state index contributed by atoms with van der Waals surface area (Å²) in [7, 11) is 1.15. The zero-order valence-corrected chi connectivity index (χ0v) is 11.3. The molecular weight excluding hydrogens is 306 g/mol. The Morgan fingerprint density at radius 3 is 2.55 bits per heavy atom. The molecular formula is C12H12F2N2O6. The van der Waals surface area contributed by atoms with Gasteiger partial charge in [-0.3, -0.25) is 14.9 Å². The van der Waals surface area contributed by atoms with E-state index in [1.807, 2.05) is 5.32 Å². The summed E-state index contributed by atoms with van der Waals surface area (Å²) in [6.07, 6.45) is -3.96. The van der Waals surface area contributed by atoms with Crippen LogP contribution >= 0.6 is 0 Å². The molecule has 0 bridgehead atoms. The maximum Gasteiger partial charge on any atom is 0.326 e. The number of aliphatic carboxylic acids is 1. The highest BCUT2D eigenvalue weighted by atomic mass is 19.3. The molecule has 0 saturated carbocycles. The van der Waals surface area contributed by atoms with Crippen LogP contribution in [0.3, 0.4) is 0 Å². The van der Waals surface area contributed by atoms with E-state index in [1.165, 1.54) is 0 Å². The Kier molecular flexibility index (Phi) is 5.72. The van der Waals surface area contributed by atoms with Crippen molar-refractivity contribution in [1.29, 1.82) is 0 Å². The summed E-state index contributed by atoms with van der Waals surface area (Å²) < 4.78 is 29.3. The van der Waals surface area contributed by atoms with Crippen LogP contribution in [0.5, 0.6) is 5.75 Å². The number of nitrogens with zero attached hydrogens (tertiary/aromatic N) is 1. The first-order chi connectivity index (χ1) is 10.3. The first-order valence-corrected chi connectivity index (χ1v) is 5.90. The number of hydrogen-bond donors (Lipinski definition) is 2. The molecule has 0 radical (unpaired) electrons. The van der Waals surface area contributed by atoms with Crippen molar-refractivity contribution in [3.05, 3.63) is 33.9 Å². The van der Waals surface area contributed by atoms with Crippen molar-refractivity contribution in [3.63, 3.8) is 0 Å². The third-order valence-electron chi connectivity index (χ3n) is 2.66. The second-order valence-corrected chi connectivity index (χ2v) is 4.13. The number of hydrogen-bond acceptors (Lipinski definition) is 5. The third kappa shape index (κ3) is 4.36. The molecule has 0 aliphatic heterocycles. The number of carbonyl (C=O) groups excluding carboxylic acids is 1. The van der Waals surface area contributed by atoms with Gasteiger partial charge in [-0.05, 0) is 6.07 Å². The Morgan fingerprint density at radius 1 is 1.45 bits per heavy atom. The number of halogens is 2. The van der Waals surface area contributed by atoms with Gasteiger partial charge in [-0.25, -0.2) is 13.6 Å². The molecule has 0 aliphatic carbocycles. The van der Waals surface area contributed by atoms with Crippen LogP contribution in [-0.2, 0) is 4.79 Å². The normalized spacial score (nSPS) is 11.8. The van der Waals surface area contributed by atoms with Crippen LogP contribution in [-0.4, -0.2) is 41.5 Å². The van der Waals surface area contributed by atoms with E-state index >= 15 is 0 Å². The molecule has 1 aromatic rings. The molecule has 0 spiro atoms. The average molecular weight is 318 g/mol. The van der Waals surface area contributed by atoms with E-state index in [9.17, 15) is 28.5 Å². The van der Waals surface area contributed by atoms with Crippen LogP contribution in [0.4, 0.5) is 14.5 Å². The Bertz CT molecular complexity index is 593. The van der Waals surface area contributed by atoms with Crippen LogP contribution in [0.25, 0.3) is 0 Å². The second-order valence-electron chi connectivity index (χ2n) is 4.13. The summed E-state index contributed by atoms with van der Waals surface area (Å²) in [4.78, 5) is 32.6. The van der Waals surface area contributed by atoms with Crippen LogP contribution in [0.1, 0.15) is 16.8 Å². The average Bonchev–Trinajstić information content (AvgIpc) is 2.44. The largest absolute Gasteiger partial charge is 0.490 e. The van der Waals surface area contributed by atoms with Crippen molar-refractivity contribution in [3.8, 4) is 5.75 Å². The first-order valence-electron chi connectivity index (χ1n) is 5.90. The van der Waals surface area contributed by atoms with E-state index in [0.29, 0.717) is 0 Å². The van der Waals surface area contributed by atoms with Gasteiger partial charge in [-0.15, -0.1) is 0 Å². The number of carbonyl (C=O) groups is 2. The van der Waals surface area contributed by atoms with Gasteiger partial charge in [-0.1, -0.05) is 0 Å². The van der Waals surface area contributed by atoms with Gasteiger partial charge in [0.15, 0.2) is 5.75 Å².